The van der Waals surface area contributed by atoms with Crippen LogP contribution in [0.5, 0.6) is 0 Å². The fourth-order valence-corrected chi connectivity index (χ4v) is 1.23. The number of amides is 2. The van der Waals surface area contributed by atoms with E-state index in [2.05, 4.69) is 10.6 Å². The van der Waals surface area contributed by atoms with Gasteiger partial charge in [-0.15, -0.1) is 0 Å². The third-order valence-electron chi connectivity index (χ3n) is 1.96. The molecule has 4 N–H and O–H groups in total. The molecule has 16 heavy (non-hydrogen) atoms. The van der Waals surface area contributed by atoms with E-state index in [-0.39, 0.29) is 6.03 Å². The second-order valence-corrected chi connectivity index (χ2v) is 3.41. The molecule has 2 amide bonds. The zero-order valence-corrected chi connectivity index (χ0v) is 9.36. The Morgan fingerprint density at radius 1 is 1.44 bits per heavy atom. The molecule has 0 aromatic heterocycles. The van der Waals surface area contributed by atoms with E-state index >= 15 is 0 Å². The maximum atomic E-state index is 11.4. The fraction of sp³-hybridized carbons (Fsp3) is 0.250. The minimum Gasteiger partial charge on any atom is -0.334 e. The van der Waals surface area contributed by atoms with Gasteiger partial charge in [0.15, 0.2) is 0 Å². The fourth-order valence-electron chi connectivity index (χ4n) is 1.23. The van der Waals surface area contributed by atoms with Gasteiger partial charge in [-0.3, -0.25) is 0 Å². The maximum Gasteiger partial charge on any atom is 0.319 e. The van der Waals surface area contributed by atoms with Crippen molar-refractivity contribution < 1.29 is 4.79 Å². The van der Waals surface area contributed by atoms with E-state index in [0.717, 1.165) is 11.3 Å². The lowest BCUT2D eigenvalue weighted by Crippen LogP contribution is -2.28. The van der Waals surface area contributed by atoms with E-state index in [4.69, 9.17) is 5.73 Å². The molecule has 1 aromatic rings. The Hall–Kier alpha value is -1.81. The monoisotopic (exact) mass is 219 g/mol. The lowest BCUT2D eigenvalue weighted by molar-refractivity contribution is 0.253. The predicted octanol–water partition coefficient (Wildman–Crippen LogP) is 1.63. The predicted molar refractivity (Wildman–Crippen MR) is 66.4 cm³/mol. The van der Waals surface area contributed by atoms with E-state index in [1.54, 1.807) is 6.08 Å². The Morgan fingerprint density at radius 2 is 2.25 bits per heavy atom. The molecule has 0 heterocycles. The van der Waals surface area contributed by atoms with Gasteiger partial charge in [0, 0.05) is 18.8 Å². The third-order valence-corrected chi connectivity index (χ3v) is 1.96. The molecule has 4 heteroatoms. The van der Waals surface area contributed by atoms with Crippen LogP contribution in [0.15, 0.2) is 36.4 Å². The first-order valence-corrected chi connectivity index (χ1v) is 5.19. The normalized spacial score (nSPS) is 10.4. The molecule has 0 aliphatic carbocycles. The quantitative estimate of drug-likeness (QED) is 0.674. The zero-order valence-electron chi connectivity index (χ0n) is 9.36. The smallest absolute Gasteiger partial charge is 0.319 e. The van der Waals surface area contributed by atoms with Gasteiger partial charge < -0.3 is 16.4 Å². The van der Waals surface area contributed by atoms with E-state index in [1.165, 1.54) is 0 Å². The van der Waals surface area contributed by atoms with Gasteiger partial charge in [-0.1, -0.05) is 24.3 Å². The van der Waals surface area contributed by atoms with Crippen LogP contribution in [0.3, 0.4) is 0 Å². The Morgan fingerprint density at radius 3 is 2.94 bits per heavy atom. The Labute approximate surface area is 95.5 Å². The number of benzene rings is 1. The van der Waals surface area contributed by atoms with Crippen molar-refractivity contribution in [1.82, 2.24) is 5.32 Å². The van der Waals surface area contributed by atoms with Crippen molar-refractivity contribution in [3.05, 3.63) is 42.0 Å². The topological polar surface area (TPSA) is 67.2 Å². The van der Waals surface area contributed by atoms with Crippen molar-refractivity contribution in [1.29, 1.82) is 0 Å². The molecule has 0 saturated carbocycles. The molecule has 0 spiro atoms. The number of nitrogens with one attached hydrogen (secondary N) is 2. The molecule has 0 atom stereocenters. The number of anilines is 1. The lowest BCUT2D eigenvalue weighted by Gasteiger charge is -2.06. The van der Waals surface area contributed by atoms with Gasteiger partial charge in [-0.25, -0.2) is 4.79 Å². The molecule has 0 fully saturated rings. The largest absolute Gasteiger partial charge is 0.334 e. The second-order valence-electron chi connectivity index (χ2n) is 3.41. The van der Waals surface area contributed by atoms with Crippen molar-refractivity contribution in [3.63, 3.8) is 0 Å². The van der Waals surface area contributed by atoms with Gasteiger partial charge in [0.1, 0.15) is 0 Å². The molecule has 0 aliphatic heterocycles. The standard InChI is InChI=1S/C12H17N3O/c1-10-5-4-6-11(9-10)15-12(16)14-8-3-2-7-13/h2-6,9H,7-8,13H2,1H3,(H2,14,15,16)/b3-2+. The second kappa shape index (κ2) is 6.63. The first kappa shape index (κ1) is 12.3. The van der Waals surface area contributed by atoms with Crippen LogP contribution in [0.2, 0.25) is 0 Å². The average molecular weight is 219 g/mol. The molecule has 0 radical (unpaired) electrons. The molecular formula is C12H17N3O. The van der Waals surface area contributed by atoms with Gasteiger partial charge in [0.2, 0.25) is 0 Å². The molecule has 1 aromatic carbocycles. The van der Waals surface area contributed by atoms with Crippen LogP contribution in [0, 0.1) is 6.92 Å². The highest BCUT2D eigenvalue weighted by atomic mass is 16.2. The highest BCUT2D eigenvalue weighted by Crippen LogP contribution is 2.08. The molecule has 0 aliphatic rings. The van der Waals surface area contributed by atoms with Crippen LogP contribution in [0.4, 0.5) is 10.5 Å². The molecular weight excluding hydrogens is 202 g/mol. The number of carbonyl (C=O) groups is 1. The van der Waals surface area contributed by atoms with Crippen molar-refractivity contribution in [2.24, 2.45) is 5.73 Å². The molecule has 1 rings (SSSR count). The van der Waals surface area contributed by atoms with E-state index in [1.807, 2.05) is 37.3 Å². The summed E-state index contributed by atoms with van der Waals surface area (Å²) in [6.07, 6.45) is 3.61. The summed E-state index contributed by atoms with van der Waals surface area (Å²) in [5, 5.41) is 5.44. The van der Waals surface area contributed by atoms with Crippen molar-refractivity contribution in [2.75, 3.05) is 18.4 Å². The summed E-state index contributed by atoms with van der Waals surface area (Å²) in [5.74, 6) is 0. The van der Waals surface area contributed by atoms with Crippen molar-refractivity contribution in [2.45, 2.75) is 6.92 Å². The SMILES string of the molecule is Cc1cccc(NC(=O)NC/C=C/CN)c1. The first-order chi connectivity index (χ1) is 7.72. The van der Waals surface area contributed by atoms with Crippen LogP contribution in [0.1, 0.15) is 5.56 Å². The zero-order chi connectivity index (χ0) is 11.8. The number of nitrogens with two attached hydrogens (primary N) is 1. The summed E-state index contributed by atoms with van der Waals surface area (Å²) >= 11 is 0. The number of urea groups is 1. The number of rotatable bonds is 4. The van der Waals surface area contributed by atoms with Crippen LogP contribution in [0.25, 0.3) is 0 Å². The van der Waals surface area contributed by atoms with E-state index in [0.29, 0.717) is 13.1 Å². The Balaban J connectivity index is 2.37. The van der Waals surface area contributed by atoms with Crippen molar-refractivity contribution >= 4 is 11.7 Å². The maximum absolute atomic E-state index is 11.4. The number of hydrogen-bond donors (Lipinski definition) is 3. The minimum atomic E-state index is -0.215. The number of carbonyl (C=O) groups excluding carboxylic acids is 1. The van der Waals surface area contributed by atoms with E-state index in [9.17, 15) is 4.79 Å². The summed E-state index contributed by atoms with van der Waals surface area (Å²) < 4.78 is 0. The average Bonchev–Trinajstić information content (AvgIpc) is 2.24. The van der Waals surface area contributed by atoms with Gasteiger partial charge >= 0.3 is 6.03 Å². The van der Waals surface area contributed by atoms with Crippen molar-refractivity contribution in [3.8, 4) is 0 Å². The van der Waals surface area contributed by atoms with Gasteiger partial charge in [0.05, 0.1) is 0 Å². The van der Waals surface area contributed by atoms with E-state index < -0.39 is 0 Å². The van der Waals surface area contributed by atoms with Crippen LogP contribution >= 0.6 is 0 Å². The summed E-state index contributed by atoms with van der Waals surface area (Å²) in [6.45, 7) is 2.95. The van der Waals surface area contributed by atoms with Crippen LogP contribution in [-0.4, -0.2) is 19.1 Å². The summed E-state index contributed by atoms with van der Waals surface area (Å²) in [5.41, 5.74) is 7.17. The van der Waals surface area contributed by atoms with Crippen LogP contribution < -0.4 is 16.4 Å². The third kappa shape index (κ3) is 4.61. The molecule has 0 unspecified atom stereocenters. The Kier molecular flexibility index (Phi) is 5.08. The van der Waals surface area contributed by atoms with Gasteiger partial charge in [0.25, 0.3) is 0 Å². The minimum absolute atomic E-state index is 0.215. The number of aryl methyl sites for hydroxylation is 1. The summed E-state index contributed by atoms with van der Waals surface area (Å²) in [6, 6.07) is 7.43. The molecule has 0 saturated heterocycles. The van der Waals surface area contributed by atoms with Gasteiger partial charge in [-0.2, -0.15) is 0 Å². The first-order valence-electron chi connectivity index (χ1n) is 5.19. The molecule has 0 bridgehead atoms. The number of hydrogen-bond acceptors (Lipinski definition) is 2. The summed E-state index contributed by atoms with van der Waals surface area (Å²) in [7, 11) is 0. The summed E-state index contributed by atoms with van der Waals surface area (Å²) in [4.78, 5) is 11.4. The highest BCUT2D eigenvalue weighted by molar-refractivity contribution is 5.89. The lowest BCUT2D eigenvalue weighted by atomic mass is 10.2. The highest BCUT2D eigenvalue weighted by Gasteiger charge is 1.98. The molecule has 4 nitrogen and oxygen atoms in total. The molecule has 86 valence electrons. The Bertz CT molecular complexity index is 374. The van der Waals surface area contributed by atoms with Crippen LogP contribution in [-0.2, 0) is 0 Å². The van der Waals surface area contributed by atoms with Gasteiger partial charge in [-0.05, 0) is 24.6 Å².